The van der Waals surface area contributed by atoms with E-state index < -0.39 is 17.5 Å². The molecule has 0 aliphatic heterocycles. The van der Waals surface area contributed by atoms with Crippen molar-refractivity contribution in [2.24, 2.45) is 5.41 Å². The summed E-state index contributed by atoms with van der Waals surface area (Å²) in [5.74, 6) is -1.73. The molecule has 0 amide bonds. The fraction of sp³-hybridized carbons (Fsp3) is 0.357. The lowest BCUT2D eigenvalue weighted by Crippen LogP contribution is -2.07. The van der Waals surface area contributed by atoms with Gasteiger partial charge >= 0.3 is 12.1 Å². The van der Waals surface area contributed by atoms with Crippen LogP contribution in [0.1, 0.15) is 34.8 Å². The van der Waals surface area contributed by atoms with Gasteiger partial charge in [-0.05, 0) is 30.9 Å². The van der Waals surface area contributed by atoms with Gasteiger partial charge < -0.3 is 4.52 Å². The summed E-state index contributed by atoms with van der Waals surface area (Å²) in [6.45, 7) is 0. The Morgan fingerprint density at radius 1 is 1.43 bits per heavy atom. The van der Waals surface area contributed by atoms with Crippen LogP contribution < -0.4 is 0 Å². The highest BCUT2D eigenvalue weighted by atomic mass is 19.4. The van der Waals surface area contributed by atoms with Gasteiger partial charge in [-0.3, -0.25) is 9.78 Å². The van der Waals surface area contributed by atoms with Crippen molar-refractivity contribution in [2.75, 3.05) is 0 Å². The molecular weight excluding hydrogens is 313 g/mol. The van der Waals surface area contributed by atoms with Crippen molar-refractivity contribution in [3.8, 4) is 17.5 Å². The second-order valence-electron chi connectivity index (χ2n) is 5.38. The van der Waals surface area contributed by atoms with Gasteiger partial charge in [-0.15, -0.1) is 0 Å². The molecule has 2 heterocycles. The topological polar surface area (TPSA) is 92.7 Å². The molecule has 6 nitrogen and oxygen atoms in total. The molecule has 1 aliphatic rings. The zero-order chi connectivity index (χ0) is 16.7. The van der Waals surface area contributed by atoms with E-state index in [9.17, 15) is 18.0 Å². The number of nitriles is 1. The normalized spacial score (nSPS) is 15.9. The fourth-order valence-electron chi connectivity index (χ4n) is 2.19. The van der Waals surface area contributed by atoms with E-state index in [1.165, 1.54) is 12.3 Å². The third-order valence-electron chi connectivity index (χ3n) is 3.66. The molecule has 9 heteroatoms. The number of alkyl halides is 3. The van der Waals surface area contributed by atoms with Gasteiger partial charge in [0.25, 0.3) is 0 Å². The Balaban J connectivity index is 1.96. The molecule has 0 bridgehead atoms. The Bertz CT molecular complexity index is 803. The molecule has 0 saturated heterocycles. The first-order valence-corrected chi connectivity index (χ1v) is 6.63. The van der Waals surface area contributed by atoms with E-state index in [4.69, 9.17) is 5.26 Å². The first-order valence-electron chi connectivity index (χ1n) is 6.63. The Hall–Kier alpha value is -2.76. The first kappa shape index (κ1) is 15.1. The Morgan fingerprint density at radius 3 is 2.70 bits per heavy atom. The Kier molecular flexibility index (Phi) is 3.39. The number of pyridine rings is 1. The van der Waals surface area contributed by atoms with Gasteiger partial charge in [0.05, 0.1) is 11.5 Å². The molecule has 0 spiro atoms. The molecular formula is C14H9F3N4O2. The van der Waals surface area contributed by atoms with E-state index >= 15 is 0 Å². The van der Waals surface area contributed by atoms with Crippen LogP contribution in [0.3, 0.4) is 0 Å². The minimum Gasteiger partial charge on any atom is -0.329 e. The molecule has 0 unspecified atom stereocenters. The fourth-order valence-corrected chi connectivity index (χ4v) is 2.19. The highest BCUT2D eigenvalue weighted by Crippen LogP contribution is 2.48. The number of nitrogens with zero attached hydrogens (tertiary/aromatic N) is 4. The van der Waals surface area contributed by atoms with Gasteiger partial charge in [0, 0.05) is 11.8 Å². The zero-order valence-corrected chi connectivity index (χ0v) is 11.6. The number of halogens is 3. The second-order valence-corrected chi connectivity index (χ2v) is 5.38. The van der Waals surface area contributed by atoms with E-state index in [0.717, 1.165) is 0 Å². The van der Waals surface area contributed by atoms with Gasteiger partial charge in [-0.25, -0.2) is 0 Å². The minimum atomic E-state index is -4.73. The number of hydrogen-bond acceptors (Lipinski definition) is 6. The second kappa shape index (κ2) is 5.15. The molecule has 0 aromatic carbocycles. The molecule has 118 valence electrons. The highest BCUT2D eigenvalue weighted by molar-refractivity contribution is 5.75. The van der Waals surface area contributed by atoms with Crippen LogP contribution in [0.15, 0.2) is 16.8 Å². The van der Waals surface area contributed by atoms with Crippen LogP contribution >= 0.6 is 0 Å². The largest absolute Gasteiger partial charge is 0.471 e. The van der Waals surface area contributed by atoms with E-state index in [1.54, 1.807) is 0 Å². The van der Waals surface area contributed by atoms with E-state index in [1.807, 2.05) is 0 Å². The minimum absolute atomic E-state index is 0.148. The standard InChI is InChI=1S/C14H9F3N4O2/c15-14(16,17)12-20-11(21-23-12)9-3-8(10(6-22)19-5-9)4-13(7-18)1-2-13/h3,5-6H,1-2,4H2. The quantitative estimate of drug-likeness (QED) is 0.804. The molecule has 3 rings (SSSR count). The lowest BCUT2D eigenvalue weighted by Gasteiger charge is -2.08. The summed E-state index contributed by atoms with van der Waals surface area (Å²) in [6.07, 6.45) is -1.25. The lowest BCUT2D eigenvalue weighted by atomic mass is 9.96. The van der Waals surface area contributed by atoms with Crippen molar-refractivity contribution in [2.45, 2.75) is 25.4 Å². The van der Waals surface area contributed by atoms with Crippen LogP contribution in [0.25, 0.3) is 11.4 Å². The Morgan fingerprint density at radius 2 is 2.17 bits per heavy atom. The third kappa shape index (κ3) is 2.92. The molecule has 0 atom stereocenters. The van der Waals surface area contributed by atoms with Crippen molar-refractivity contribution >= 4 is 6.29 Å². The van der Waals surface area contributed by atoms with Gasteiger partial charge in [-0.1, -0.05) is 5.16 Å². The Labute approximate surface area is 127 Å². The number of rotatable bonds is 4. The van der Waals surface area contributed by atoms with Crippen molar-refractivity contribution < 1.29 is 22.5 Å². The molecule has 0 N–H and O–H groups in total. The number of aldehydes is 1. The van der Waals surface area contributed by atoms with Gasteiger partial charge in [0.1, 0.15) is 5.69 Å². The number of hydrogen-bond donors (Lipinski definition) is 0. The summed E-state index contributed by atoms with van der Waals surface area (Å²) in [5, 5.41) is 12.4. The monoisotopic (exact) mass is 322 g/mol. The molecule has 23 heavy (non-hydrogen) atoms. The maximum Gasteiger partial charge on any atom is 0.471 e. The van der Waals surface area contributed by atoms with Crippen molar-refractivity contribution in [1.82, 2.24) is 15.1 Å². The summed E-state index contributed by atoms with van der Waals surface area (Å²) < 4.78 is 41.7. The molecule has 2 aromatic rings. The van der Waals surface area contributed by atoms with Gasteiger partial charge in [0.15, 0.2) is 6.29 Å². The van der Waals surface area contributed by atoms with E-state index in [0.29, 0.717) is 31.1 Å². The smallest absolute Gasteiger partial charge is 0.329 e. The van der Waals surface area contributed by atoms with Crippen LogP contribution in [-0.2, 0) is 12.6 Å². The molecule has 1 saturated carbocycles. The maximum absolute atomic E-state index is 12.5. The first-order chi connectivity index (χ1) is 10.9. The average molecular weight is 322 g/mol. The van der Waals surface area contributed by atoms with E-state index in [2.05, 4.69) is 25.7 Å². The number of carbonyl (C=O) groups is 1. The molecule has 1 fully saturated rings. The van der Waals surface area contributed by atoms with Gasteiger partial charge in [0.2, 0.25) is 5.82 Å². The predicted molar refractivity (Wildman–Crippen MR) is 68.9 cm³/mol. The SMILES string of the molecule is N#CC1(Cc2cc(-c3noc(C(F)(F)F)n3)cnc2C=O)CC1. The van der Waals surface area contributed by atoms with Crippen LogP contribution in [-0.4, -0.2) is 21.4 Å². The summed E-state index contributed by atoms with van der Waals surface area (Å²) >= 11 is 0. The van der Waals surface area contributed by atoms with Crippen LogP contribution in [0.5, 0.6) is 0 Å². The van der Waals surface area contributed by atoms with Crippen LogP contribution in [0, 0.1) is 16.7 Å². The lowest BCUT2D eigenvalue weighted by molar-refractivity contribution is -0.159. The number of aromatic nitrogens is 3. The van der Waals surface area contributed by atoms with Crippen molar-refractivity contribution in [3.05, 3.63) is 29.4 Å². The van der Waals surface area contributed by atoms with Crippen LogP contribution in [0.4, 0.5) is 13.2 Å². The van der Waals surface area contributed by atoms with Crippen molar-refractivity contribution in [1.29, 1.82) is 5.26 Å². The van der Waals surface area contributed by atoms with Crippen molar-refractivity contribution in [3.63, 3.8) is 0 Å². The van der Waals surface area contributed by atoms with Gasteiger partial charge in [-0.2, -0.15) is 23.4 Å². The molecule has 2 aromatic heterocycles. The third-order valence-corrected chi connectivity index (χ3v) is 3.66. The predicted octanol–water partition coefficient (Wildman–Crippen LogP) is 2.81. The van der Waals surface area contributed by atoms with Crippen LogP contribution in [0.2, 0.25) is 0 Å². The highest BCUT2D eigenvalue weighted by Gasteiger charge is 2.43. The number of carbonyl (C=O) groups excluding carboxylic acids is 1. The summed E-state index contributed by atoms with van der Waals surface area (Å²) in [7, 11) is 0. The average Bonchev–Trinajstić information content (AvgIpc) is 3.10. The molecule has 1 aliphatic carbocycles. The van der Waals surface area contributed by atoms with E-state index in [-0.39, 0.29) is 17.1 Å². The maximum atomic E-state index is 12.5. The molecule has 0 radical (unpaired) electrons. The summed E-state index contributed by atoms with van der Waals surface area (Å²) in [5.41, 5.74) is 0.301. The summed E-state index contributed by atoms with van der Waals surface area (Å²) in [6, 6.07) is 3.66. The zero-order valence-electron chi connectivity index (χ0n) is 11.6. The summed E-state index contributed by atoms with van der Waals surface area (Å²) in [4.78, 5) is 18.3.